The van der Waals surface area contributed by atoms with E-state index in [1.54, 1.807) is 17.5 Å². The third-order valence-corrected chi connectivity index (χ3v) is 4.17. The van der Waals surface area contributed by atoms with Crippen molar-refractivity contribution in [3.8, 4) is 0 Å². The fraction of sp³-hybridized carbons (Fsp3) is 0.429. The first-order chi connectivity index (χ1) is 10.9. The molecule has 0 unspecified atom stereocenters. The number of nitrogen functional groups attached to an aromatic ring is 1. The van der Waals surface area contributed by atoms with Gasteiger partial charge in [0.25, 0.3) is 0 Å². The van der Waals surface area contributed by atoms with Gasteiger partial charge in [0.05, 0.1) is 17.0 Å². The molecule has 0 spiro atoms. The smallest absolute Gasteiger partial charge is 1.00 e. The summed E-state index contributed by atoms with van der Waals surface area (Å²) in [6.07, 6.45) is 2.47. The molecule has 6 N–H and O–H groups in total. The normalized spacial score (nSPS) is 9.28. The number of halogens is 1. The van der Waals surface area contributed by atoms with E-state index in [1.807, 2.05) is 19.4 Å². The molecule has 0 radical (unpaired) electrons. The van der Waals surface area contributed by atoms with Crippen LogP contribution in [0, 0.1) is 13.8 Å². The number of rotatable bonds is 5. The summed E-state index contributed by atoms with van der Waals surface area (Å²) in [5.41, 5.74) is 14.6. The van der Waals surface area contributed by atoms with Crippen LogP contribution < -0.4 is 28.4 Å². The van der Waals surface area contributed by atoms with Crippen LogP contribution in [0.5, 0.6) is 0 Å². The number of aliphatic hydroxyl groups is 1. The molecule has 0 amide bonds. The first-order valence-corrected chi connectivity index (χ1v) is 7.84. The molecule has 0 aliphatic carbocycles. The van der Waals surface area contributed by atoms with Crippen LogP contribution in [0.15, 0.2) is 11.7 Å². The number of carbonyl (C=O) groups is 1. The number of aromatic nitrogens is 3. The molecule has 11 heteroatoms. The zero-order valence-corrected chi connectivity index (χ0v) is 18.8. The zero-order valence-electron chi connectivity index (χ0n) is 14.3. The predicted octanol–water partition coefficient (Wildman–Crippen LogP) is -3.36. The summed E-state index contributed by atoms with van der Waals surface area (Å²) in [4.78, 5) is 18.8. The summed E-state index contributed by atoms with van der Waals surface area (Å²) in [7, 11) is 0. The maximum Gasteiger partial charge on any atom is 2.00 e. The van der Waals surface area contributed by atoms with E-state index in [0.717, 1.165) is 11.3 Å². The number of carboxylic acid groups (broad SMARTS) is 1. The molecule has 2 aromatic rings. The molecule has 0 aliphatic rings. The molecular weight excluding hydrogens is 419 g/mol. The van der Waals surface area contributed by atoms with Gasteiger partial charge in [0.1, 0.15) is 11.6 Å². The molecule has 8 nitrogen and oxygen atoms in total. The first kappa shape index (κ1) is 26.0. The number of aryl methyl sites for hydroxylation is 1. The summed E-state index contributed by atoms with van der Waals surface area (Å²) in [6, 6.07) is 0. The van der Waals surface area contributed by atoms with Gasteiger partial charge in [-0.05, 0) is 6.92 Å². The molecular formula is C14H22ClN5O3SZn+2. The summed E-state index contributed by atoms with van der Waals surface area (Å²) >= 11 is 1.65. The number of hydrogen-bond donors (Lipinski definition) is 4. The molecule has 0 aromatic carbocycles. The van der Waals surface area contributed by atoms with Crippen molar-refractivity contribution >= 4 is 23.1 Å². The second-order valence-corrected chi connectivity index (χ2v) is 5.70. The monoisotopic (exact) mass is 439 g/mol. The van der Waals surface area contributed by atoms with Crippen LogP contribution in [0.25, 0.3) is 0 Å². The quantitative estimate of drug-likeness (QED) is 0.281. The fourth-order valence-corrected chi connectivity index (χ4v) is 2.75. The Kier molecular flexibility index (Phi) is 13.6. The molecule has 2 aromatic heterocycles. The number of aliphatic carboxylic acids is 1. The molecule has 0 fully saturated rings. The van der Waals surface area contributed by atoms with Crippen LogP contribution in [0.4, 0.5) is 5.82 Å². The molecule has 0 atom stereocenters. The van der Waals surface area contributed by atoms with Gasteiger partial charge in [0.15, 0.2) is 12.2 Å². The van der Waals surface area contributed by atoms with Gasteiger partial charge < -0.3 is 34.1 Å². The van der Waals surface area contributed by atoms with E-state index in [9.17, 15) is 4.79 Å². The van der Waals surface area contributed by atoms with Crippen molar-refractivity contribution in [3.05, 3.63) is 33.7 Å². The van der Waals surface area contributed by atoms with Gasteiger partial charge in [0, 0.05) is 26.1 Å². The maximum absolute atomic E-state index is 9.24. The Labute approximate surface area is 169 Å². The maximum atomic E-state index is 9.24. The average Bonchev–Trinajstić information content (AvgIpc) is 2.84. The number of carboxylic acids is 1. The Hall–Kier alpha value is -1.19. The zero-order chi connectivity index (χ0) is 17.4. The van der Waals surface area contributed by atoms with E-state index in [2.05, 4.69) is 20.3 Å². The third kappa shape index (κ3) is 8.64. The molecule has 2 heterocycles. The van der Waals surface area contributed by atoms with E-state index in [1.165, 1.54) is 4.88 Å². The number of nitrogens with zero attached hydrogens (tertiary/aromatic N) is 3. The largest absolute Gasteiger partial charge is 2.00 e. The minimum atomic E-state index is -0.968. The predicted molar refractivity (Wildman–Crippen MR) is 87.0 cm³/mol. The number of hydrogen-bond acceptors (Lipinski definition) is 7. The van der Waals surface area contributed by atoms with Crippen LogP contribution in [0.3, 0.4) is 0 Å². The van der Waals surface area contributed by atoms with Gasteiger partial charge in [-0.25, -0.2) is 9.97 Å². The van der Waals surface area contributed by atoms with Crippen LogP contribution in [0.1, 0.15) is 22.0 Å². The summed E-state index contributed by atoms with van der Waals surface area (Å²) in [6.45, 7) is 4.44. The number of anilines is 1. The Morgan fingerprint density at radius 2 is 2.00 bits per heavy atom. The molecule has 0 bridgehead atoms. The van der Waals surface area contributed by atoms with Crippen molar-refractivity contribution in [2.45, 2.75) is 26.8 Å². The summed E-state index contributed by atoms with van der Waals surface area (Å²) in [5, 5.41) is 16.6. The molecule has 25 heavy (non-hydrogen) atoms. The van der Waals surface area contributed by atoms with E-state index in [4.69, 9.17) is 15.9 Å². The van der Waals surface area contributed by atoms with Crippen LogP contribution >= 0.6 is 11.3 Å². The van der Waals surface area contributed by atoms with Gasteiger partial charge in [-0.15, -0.1) is 0 Å². The Balaban J connectivity index is 0. The van der Waals surface area contributed by atoms with Crippen molar-refractivity contribution < 1.29 is 51.5 Å². The van der Waals surface area contributed by atoms with Crippen molar-refractivity contribution in [2.75, 3.05) is 18.9 Å². The van der Waals surface area contributed by atoms with Gasteiger partial charge in [-0.1, -0.05) is 11.3 Å². The van der Waals surface area contributed by atoms with Crippen molar-refractivity contribution in [3.63, 3.8) is 0 Å². The van der Waals surface area contributed by atoms with Crippen LogP contribution in [0.2, 0.25) is 0 Å². The van der Waals surface area contributed by atoms with E-state index < -0.39 is 5.97 Å². The van der Waals surface area contributed by atoms with Crippen LogP contribution in [-0.2, 0) is 37.2 Å². The fourth-order valence-electron chi connectivity index (χ4n) is 1.77. The molecule has 2 rings (SSSR count). The third-order valence-electron chi connectivity index (χ3n) is 3.03. The van der Waals surface area contributed by atoms with Crippen molar-refractivity contribution in [1.29, 1.82) is 0 Å². The topological polar surface area (TPSA) is 139 Å². The first-order valence-electron chi connectivity index (χ1n) is 6.96. The minimum absolute atomic E-state index is 0. The number of thiazole rings is 1. The van der Waals surface area contributed by atoms with Crippen LogP contribution in [-0.4, -0.2) is 39.3 Å². The standard InChI is InChI=1S/C12H17N4OS.C2H5NO2.ClH.Zn/c1-8-11(3-4-17)18-7-16(8)6-10-5-14-9(2)15-12(10)13;3-1-2(4)5;;/h5,7,17H,3-4,6H2,1-2H3,(H2,13,14,15);1,3H2,(H,4,5);1H;/q+1;;;+2/p-1. The molecule has 0 saturated carbocycles. The van der Waals surface area contributed by atoms with Gasteiger partial charge in [0.2, 0.25) is 5.51 Å². The molecule has 0 aliphatic heterocycles. The van der Waals surface area contributed by atoms with Gasteiger partial charge in [-0.3, -0.25) is 4.79 Å². The number of aliphatic hydroxyl groups excluding tert-OH is 1. The van der Waals surface area contributed by atoms with E-state index in [0.29, 0.717) is 24.6 Å². The number of nitrogens with two attached hydrogens (primary N) is 2. The Morgan fingerprint density at radius 1 is 1.40 bits per heavy atom. The van der Waals surface area contributed by atoms with Gasteiger partial charge in [-0.2, -0.15) is 4.57 Å². The second-order valence-electron chi connectivity index (χ2n) is 4.76. The minimum Gasteiger partial charge on any atom is -1.00 e. The van der Waals surface area contributed by atoms with Crippen molar-refractivity contribution in [2.24, 2.45) is 5.73 Å². The Bertz CT molecular complexity index is 672. The van der Waals surface area contributed by atoms with Crippen molar-refractivity contribution in [1.82, 2.24) is 9.97 Å². The Morgan fingerprint density at radius 3 is 2.48 bits per heavy atom. The van der Waals surface area contributed by atoms with Gasteiger partial charge >= 0.3 is 25.4 Å². The van der Waals surface area contributed by atoms with E-state index in [-0.39, 0.29) is 45.0 Å². The summed E-state index contributed by atoms with van der Waals surface area (Å²) in [5.74, 6) is 0.249. The molecule has 134 valence electrons. The molecule has 0 saturated heterocycles. The second kappa shape index (κ2) is 13.1. The van der Waals surface area contributed by atoms with E-state index >= 15 is 0 Å². The SMILES string of the molecule is Cc1ncc(C[n+]2csc(CCO)c2C)c(N)n1.NCC(=O)O.[Cl-].[Zn+2]. The average molecular weight is 441 g/mol. The summed E-state index contributed by atoms with van der Waals surface area (Å²) < 4.78 is 2.11.